The number of aryl methyl sites for hydroxylation is 1. The van der Waals surface area contributed by atoms with Gasteiger partial charge in [-0.2, -0.15) is 0 Å². The molecule has 0 fully saturated rings. The van der Waals surface area contributed by atoms with Gasteiger partial charge >= 0.3 is 0 Å². The number of hydrogen-bond acceptors (Lipinski definition) is 2. The van der Waals surface area contributed by atoms with Crippen molar-refractivity contribution in [1.82, 2.24) is 0 Å². The summed E-state index contributed by atoms with van der Waals surface area (Å²) in [6.45, 7) is 2.72. The van der Waals surface area contributed by atoms with Gasteiger partial charge in [-0.3, -0.25) is 0 Å². The monoisotopic (exact) mass is 246 g/mol. The van der Waals surface area contributed by atoms with Crippen LogP contribution in [0.15, 0.2) is 48.5 Å². The van der Waals surface area contributed by atoms with E-state index in [4.69, 9.17) is 17.4 Å². The number of halogens is 1. The van der Waals surface area contributed by atoms with Gasteiger partial charge in [0.05, 0.1) is 12.2 Å². The van der Waals surface area contributed by atoms with Crippen molar-refractivity contribution in [3.63, 3.8) is 0 Å². The van der Waals surface area contributed by atoms with E-state index in [9.17, 15) is 0 Å². The fourth-order valence-corrected chi connectivity index (χ4v) is 1.81. The van der Waals surface area contributed by atoms with Gasteiger partial charge in [0.15, 0.2) is 0 Å². The minimum absolute atomic E-state index is 0.667. The molecule has 17 heavy (non-hydrogen) atoms. The van der Waals surface area contributed by atoms with E-state index < -0.39 is 0 Å². The minimum Gasteiger partial charge on any atom is -0.307 e. The van der Waals surface area contributed by atoms with Crippen LogP contribution >= 0.6 is 11.6 Å². The maximum Gasteiger partial charge on any atom is 0.0592 e. The molecule has 0 aliphatic carbocycles. The first-order valence-electron chi connectivity index (χ1n) is 5.48. The van der Waals surface area contributed by atoms with Gasteiger partial charge in [0.2, 0.25) is 0 Å². The Morgan fingerprint density at radius 3 is 2.47 bits per heavy atom. The van der Waals surface area contributed by atoms with Gasteiger partial charge in [0, 0.05) is 5.02 Å². The summed E-state index contributed by atoms with van der Waals surface area (Å²) in [6.07, 6.45) is 0. The van der Waals surface area contributed by atoms with E-state index in [1.54, 1.807) is 5.01 Å². The van der Waals surface area contributed by atoms with Crippen LogP contribution in [0.3, 0.4) is 0 Å². The molecule has 0 aliphatic heterocycles. The third kappa shape index (κ3) is 3.22. The highest BCUT2D eigenvalue weighted by Crippen LogP contribution is 2.16. The normalized spacial score (nSPS) is 10.3. The summed E-state index contributed by atoms with van der Waals surface area (Å²) >= 11 is 5.84. The lowest BCUT2D eigenvalue weighted by molar-refractivity contribution is 0.852. The standard InChI is InChI=1S/C14H15ClN2/c1-11-3-2-4-14(9-11)17(16)10-12-5-7-13(15)8-6-12/h2-9H,10,16H2,1H3. The topological polar surface area (TPSA) is 29.3 Å². The highest BCUT2D eigenvalue weighted by molar-refractivity contribution is 6.30. The molecule has 0 saturated carbocycles. The lowest BCUT2D eigenvalue weighted by atomic mass is 10.2. The van der Waals surface area contributed by atoms with Crippen LogP contribution < -0.4 is 10.9 Å². The van der Waals surface area contributed by atoms with Crippen molar-refractivity contribution in [3.8, 4) is 0 Å². The zero-order chi connectivity index (χ0) is 12.3. The smallest absolute Gasteiger partial charge is 0.0592 e. The molecular formula is C14H15ClN2. The van der Waals surface area contributed by atoms with Gasteiger partial charge in [-0.05, 0) is 42.3 Å². The van der Waals surface area contributed by atoms with E-state index in [2.05, 4.69) is 19.1 Å². The van der Waals surface area contributed by atoms with Crippen molar-refractivity contribution in [2.75, 3.05) is 5.01 Å². The Morgan fingerprint density at radius 2 is 1.82 bits per heavy atom. The number of anilines is 1. The summed E-state index contributed by atoms with van der Waals surface area (Å²) in [5.41, 5.74) is 3.35. The Hall–Kier alpha value is -1.51. The van der Waals surface area contributed by atoms with Gasteiger partial charge in [-0.1, -0.05) is 35.9 Å². The molecule has 0 amide bonds. The van der Waals surface area contributed by atoms with Crippen molar-refractivity contribution in [2.45, 2.75) is 13.5 Å². The van der Waals surface area contributed by atoms with Crippen molar-refractivity contribution in [2.24, 2.45) is 5.84 Å². The number of nitrogens with zero attached hydrogens (tertiary/aromatic N) is 1. The van der Waals surface area contributed by atoms with Crippen molar-refractivity contribution in [1.29, 1.82) is 0 Å². The van der Waals surface area contributed by atoms with Crippen LogP contribution in [0.4, 0.5) is 5.69 Å². The van der Waals surface area contributed by atoms with Crippen LogP contribution in [0.1, 0.15) is 11.1 Å². The number of rotatable bonds is 3. The first kappa shape index (κ1) is 12.0. The summed E-state index contributed by atoms with van der Waals surface area (Å²) < 4.78 is 0. The average molecular weight is 247 g/mol. The lowest BCUT2D eigenvalue weighted by Crippen LogP contribution is -2.29. The van der Waals surface area contributed by atoms with Gasteiger partial charge in [-0.25, -0.2) is 5.84 Å². The summed E-state index contributed by atoms with van der Waals surface area (Å²) in [5, 5.41) is 2.48. The number of hydrogen-bond donors (Lipinski definition) is 1. The summed E-state index contributed by atoms with van der Waals surface area (Å²) in [7, 11) is 0. The molecule has 0 atom stereocenters. The average Bonchev–Trinajstić information content (AvgIpc) is 2.32. The van der Waals surface area contributed by atoms with E-state index in [-0.39, 0.29) is 0 Å². The molecule has 88 valence electrons. The molecule has 2 rings (SSSR count). The molecule has 2 N–H and O–H groups in total. The molecule has 0 aliphatic rings. The van der Waals surface area contributed by atoms with E-state index in [0.29, 0.717) is 6.54 Å². The highest BCUT2D eigenvalue weighted by Gasteiger charge is 2.02. The maximum atomic E-state index is 6.03. The summed E-state index contributed by atoms with van der Waals surface area (Å²) in [4.78, 5) is 0. The molecular weight excluding hydrogens is 232 g/mol. The Balaban J connectivity index is 2.11. The Bertz CT molecular complexity index is 494. The fraction of sp³-hybridized carbons (Fsp3) is 0.143. The quantitative estimate of drug-likeness (QED) is 0.663. The fourth-order valence-electron chi connectivity index (χ4n) is 1.68. The second kappa shape index (κ2) is 5.21. The van der Waals surface area contributed by atoms with Crippen molar-refractivity contribution >= 4 is 17.3 Å². The molecule has 0 aromatic heterocycles. The molecule has 2 nitrogen and oxygen atoms in total. The van der Waals surface area contributed by atoms with Crippen molar-refractivity contribution in [3.05, 3.63) is 64.7 Å². The van der Waals surface area contributed by atoms with E-state index in [1.165, 1.54) is 5.56 Å². The van der Waals surface area contributed by atoms with Crippen LogP contribution in [0, 0.1) is 6.92 Å². The molecule has 2 aromatic rings. The van der Waals surface area contributed by atoms with Crippen LogP contribution in [-0.4, -0.2) is 0 Å². The molecule has 0 heterocycles. The molecule has 0 bridgehead atoms. The second-order valence-corrected chi connectivity index (χ2v) is 4.53. The molecule has 0 radical (unpaired) electrons. The lowest BCUT2D eigenvalue weighted by Gasteiger charge is -2.19. The van der Waals surface area contributed by atoms with Gasteiger partial charge in [0.25, 0.3) is 0 Å². The van der Waals surface area contributed by atoms with Crippen molar-refractivity contribution < 1.29 is 0 Å². The van der Waals surface area contributed by atoms with Gasteiger partial charge in [0.1, 0.15) is 0 Å². The Labute approximate surface area is 107 Å². The summed E-state index contributed by atoms with van der Waals surface area (Å²) in [5.74, 6) is 6.03. The third-order valence-electron chi connectivity index (χ3n) is 2.60. The Kier molecular flexibility index (Phi) is 3.67. The SMILES string of the molecule is Cc1cccc(N(N)Cc2ccc(Cl)cc2)c1. The zero-order valence-corrected chi connectivity index (χ0v) is 10.5. The molecule has 3 heteroatoms. The minimum atomic E-state index is 0.667. The van der Waals surface area contributed by atoms with E-state index in [0.717, 1.165) is 16.3 Å². The molecule has 0 spiro atoms. The largest absolute Gasteiger partial charge is 0.307 e. The molecule has 0 saturated heterocycles. The van der Waals surface area contributed by atoms with E-state index >= 15 is 0 Å². The predicted octanol–water partition coefficient (Wildman–Crippen LogP) is 3.53. The van der Waals surface area contributed by atoms with Gasteiger partial charge in [-0.15, -0.1) is 0 Å². The van der Waals surface area contributed by atoms with Crippen LogP contribution in [0.25, 0.3) is 0 Å². The number of benzene rings is 2. The van der Waals surface area contributed by atoms with Crippen LogP contribution in [0.5, 0.6) is 0 Å². The predicted molar refractivity (Wildman–Crippen MR) is 73.0 cm³/mol. The highest BCUT2D eigenvalue weighted by atomic mass is 35.5. The molecule has 0 unspecified atom stereocenters. The van der Waals surface area contributed by atoms with Crippen LogP contribution in [-0.2, 0) is 6.54 Å². The first-order chi connectivity index (χ1) is 8.15. The number of nitrogens with two attached hydrogens (primary N) is 1. The summed E-state index contributed by atoms with van der Waals surface area (Å²) in [6, 6.07) is 15.8. The Morgan fingerprint density at radius 1 is 1.12 bits per heavy atom. The maximum absolute atomic E-state index is 6.03. The first-order valence-corrected chi connectivity index (χ1v) is 5.86. The molecule has 2 aromatic carbocycles. The van der Waals surface area contributed by atoms with Gasteiger partial charge < -0.3 is 5.01 Å². The van der Waals surface area contributed by atoms with E-state index in [1.807, 2.05) is 36.4 Å². The third-order valence-corrected chi connectivity index (χ3v) is 2.85. The van der Waals surface area contributed by atoms with Crippen LogP contribution in [0.2, 0.25) is 5.02 Å². The second-order valence-electron chi connectivity index (χ2n) is 4.09. The number of hydrazine groups is 1. The zero-order valence-electron chi connectivity index (χ0n) is 9.73.